The van der Waals surface area contributed by atoms with E-state index in [1.807, 2.05) is 29.4 Å². The van der Waals surface area contributed by atoms with Gasteiger partial charge in [-0.05, 0) is 198 Å². The molecule has 7 heterocycles. The Morgan fingerprint density at radius 2 is 0.412 bits per heavy atom. The summed E-state index contributed by atoms with van der Waals surface area (Å²) in [5.74, 6) is 3.40. The average Bonchev–Trinajstić information content (AvgIpc) is 0.788. The lowest BCUT2D eigenvalue weighted by molar-refractivity contribution is 0.0515. The van der Waals surface area contributed by atoms with Crippen molar-refractivity contribution in [2.24, 2.45) is 0 Å². The molecule has 42 heteroatoms. The van der Waals surface area contributed by atoms with Crippen LogP contribution in [0.4, 0.5) is 82.3 Å². The molecule has 4 aromatic rings. The van der Waals surface area contributed by atoms with Gasteiger partial charge in [-0.3, -0.25) is 0 Å². The summed E-state index contributed by atoms with van der Waals surface area (Å²) in [5.41, 5.74) is -4.02. The van der Waals surface area contributed by atoms with Crippen molar-refractivity contribution in [3.05, 3.63) is 15.9 Å². The number of amides is 6. The molecular weight excluding hydrogens is 1540 g/mol. The molecule has 7 rings (SSSR count). The van der Waals surface area contributed by atoms with Crippen LogP contribution in [-0.2, 0) is 28.4 Å². The van der Waals surface area contributed by atoms with Gasteiger partial charge in [-0.25, -0.2) is 28.8 Å². The van der Waals surface area contributed by atoms with Crippen LogP contribution in [0, 0.1) is 0 Å². The highest BCUT2D eigenvalue weighted by atomic mass is 35.5. The summed E-state index contributed by atoms with van der Waals surface area (Å²) in [7, 11) is 0. The molecule has 39 nitrogen and oxygen atoms in total. The SMILES string of the molecule is CC(C)(C)OC(=O)NCCCN(CCCNC(=O)OC(C)(C)C)c1nc(Cl)nc(N2CCN(c3nc(N4CCN(c5nc(Cl)nc(N(CCCNC(=O)OC(C)(C)C)CCCNC(=O)OC(C)(C)C)n5)CC4)nc(N4CCN(c5nc(Cl)nc(N(CCCNC(=O)OC(C)(C)C)CCCNC(=O)OC(C)(C)C)n5)CC4)n3)CC2)n1. The molecule has 3 saturated heterocycles. The van der Waals surface area contributed by atoms with Crippen LogP contribution in [0.25, 0.3) is 0 Å². The molecule has 0 aliphatic carbocycles. The molecule has 636 valence electrons. The lowest BCUT2D eigenvalue weighted by Gasteiger charge is -2.38. The van der Waals surface area contributed by atoms with Gasteiger partial charge in [0.15, 0.2) is 0 Å². The van der Waals surface area contributed by atoms with Crippen molar-refractivity contribution < 1.29 is 57.2 Å². The highest BCUT2D eigenvalue weighted by molar-refractivity contribution is 6.29. The van der Waals surface area contributed by atoms with Crippen molar-refractivity contribution >= 4 is 125 Å². The van der Waals surface area contributed by atoms with E-state index >= 15 is 0 Å². The van der Waals surface area contributed by atoms with E-state index in [-0.39, 0.29) is 15.9 Å². The molecular formula is C72H120Cl3N27O12. The predicted octanol–water partition coefficient (Wildman–Crippen LogP) is 8.27. The fourth-order valence-corrected chi connectivity index (χ4v) is 12.0. The molecule has 0 atom stereocenters. The summed E-state index contributed by atoms with van der Waals surface area (Å²) in [6, 6.07) is 0. The second kappa shape index (κ2) is 41.9. The molecule has 0 unspecified atom stereocenters. The van der Waals surface area contributed by atoms with Crippen LogP contribution in [0.5, 0.6) is 0 Å². The van der Waals surface area contributed by atoms with Crippen molar-refractivity contribution in [1.82, 2.24) is 91.7 Å². The average molecular weight is 1660 g/mol. The fraction of sp³-hybridized carbons (Fsp3) is 0.750. The number of hydrogen-bond donors (Lipinski definition) is 6. The molecule has 0 aromatic carbocycles. The van der Waals surface area contributed by atoms with Crippen LogP contribution >= 0.6 is 34.8 Å². The lowest BCUT2D eigenvalue weighted by atomic mass is 10.2. The molecule has 6 amide bonds. The third-order valence-electron chi connectivity index (χ3n) is 16.4. The minimum Gasteiger partial charge on any atom is -0.444 e. The number of hydrogen-bond acceptors (Lipinski definition) is 33. The van der Waals surface area contributed by atoms with E-state index in [9.17, 15) is 28.8 Å². The Balaban J connectivity index is 1.12. The van der Waals surface area contributed by atoms with Gasteiger partial charge in [0.05, 0.1) is 0 Å². The molecule has 3 aliphatic heterocycles. The number of nitrogens with zero attached hydrogens (tertiary/aromatic N) is 21. The Labute approximate surface area is 684 Å². The number of piperazine rings is 3. The number of alkyl carbamates (subject to hydrolysis) is 6. The predicted molar refractivity (Wildman–Crippen MR) is 437 cm³/mol. The molecule has 0 saturated carbocycles. The first-order valence-electron chi connectivity index (χ1n) is 38.9. The smallest absolute Gasteiger partial charge is 0.407 e. The summed E-state index contributed by atoms with van der Waals surface area (Å²) in [4.78, 5) is 152. The van der Waals surface area contributed by atoms with Crippen LogP contribution in [0.2, 0.25) is 15.9 Å². The Kier molecular flexibility index (Phi) is 33.7. The Morgan fingerprint density at radius 1 is 0.263 bits per heavy atom. The summed E-state index contributed by atoms with van der Waals surface area (Å²) >= 11 is 20.3. The van der Waals surface area contributed by atoms with Crippen LogP contribution in [0.1, 0.15) is 163 Å². The quantitative estimate of drug-likeness (QED) is 0.0193. The molecule has 3 aliphatic rings. The number of ether oxygens (including phenoxy) is 6. The van der Waals surface area contributed by atoms with Crippen LogP contribution in [-0.4, -0.2) is 287 Å². The number of halogens is 3. The first kappa shape index (κ1) is 91.9. The van der Waals surface area contributed by atoms with Gasteiger partial charge in [0.25, 0.3) is 0 Å². The number of nitrogens with one attached hydrogen (secondary N) is 6. The number of carbonyl (C=O) groups is 6. The van der Waals surface area contributed by atoms with Crippen molar-refractivity contribution in [3.63, 3.8) is 0 Å². The van der Waals surface area contributed by atoms with Crippen molar-refractivity contribution in [2.45, 2.75) is 197 Å². The van der Waals surface area contributed by atoms with Crippen molar-refractivity contribution in [1.29, 1.82) is 0 Å². The number of carbonyl (C=O) groups excluding carboxylic acids is 6. The summed E-state index contributed by atoms with van der Waals surface area (Å²) < 4.78 is 32.8. The third kappa shape index (κ3) is 34.0. The molecule has 3 fully saturated rings. The van der Waals surface area contributed by atoms with Crippen LogP contribution in [0.3, 0.4) is 0 Å². The highest BCUT2D eigenvalue weighted by Gasteiger charge is 2.32. The largest absolute Gasteiger partial charge is 0.444 e. The monoisotopic (exact) mass is 1660 g/mol. The van der Waals surface area contributed by atoms with Gasteiger partial charge < -0.3 is 104 Å². The zero-order valence-corrected chi connectivity index (χ0v) is 71.9. The van der Waals surface area contributed by atoms with Gasteiger partial charge >= 0.3 is 36.6 Å². The van der Waals surface area contributed by atoms with Gasteiger partial charge in [-0.2, -0.15) is 59.8 Å². The number of anilines is 9. The van der Waals surface area contributed by atoms with Gasteiger partial charge in [0, 0.05) is 157 Å². The van der Waals surface area contributed by atoms with Crippen LogP contribution < -0.4 is 76.0 Å². The molecule has 0 spiro atoms. The summed E-state index contributed by atoms with van der Waals surface area (Å²) in [5, 5.41) is 16.9. The zero-order valence-electron chi connectivity index (χ0n) is 69.6. The van der Waals surface area contributed by atoms with Gasteiger partial charge in [0.2, 0.25) is 69.4 Å². The second-order valence-electron chi connectivity index (χ2n) is 33.4. The minimum atomic E-state index is -0.670. The maximum absolute atomic E-state index is 12.6. The van der Waals surface area contributed by atoms with Gasteiger partial charge in [-0.1, -0.05) is 0 Å². The molecule has 0 bridgehead atoms. The van der Waals surface area contributed by atoms with Crippen molar-refractivity contribution in [3.8, 4) is 0 Å². The maximum atomic E-state index is 12.6. The van der Waals surface area contributed by atoms with E-state index in [4.69, 9.17) is 93.1 Å². The lowest BCUT2D eigenvalue weighted by Crippen LogP contribution is -2.50. The molecule has 114 heavy (non-hydrogen) atoms. The first-order valence-corrected chi connectivity index (χ1v) is 40.1. The Bertz CT molecular complexity index is 3280. The van der Waals surface area contributed by atoms with E-state index in [1.54, 1.807) is 125 Å². The maximum Gasteiger partial charge on any atom is 0.407 e. The van der Waals surface area contributed by atoms with Crippen molar-refractivity contribution in [2.75, 3.05) is 201 Å². The molecule has 6 N–H and O–H groups in total. The van der Waals surface area contributed by atoms with Crippen LogP contribution in [0.15, 0.2) is 0 Å². The fourth-order valence-electron chi connectivity index (χ4n) is 11.5. The highest BCUT2D eigenvalue weighted by Crippen LogP contribution is 2.28. The zero-order chi connectivity index (χ0) is 83.8. The standard InChI is InChI=1S/C72H120Cl3N27O12/c1-67(2,3)109-61(103)76-25-19-31-94(32-20-26-77-62(104)110-68(4,5)6)52-82-49(73)85-55(88-52)97-37-43-100(44-38-97)58-91-59(101-45-39-98(40-46-101)56-86-50(74)83-53(89-56)95(33-21-27-78-63(105)111-69(7,8)9)34-22-28-79-64(106)112-70(10,11)12)93-60(92-58)102-47-41-99(42-48-102)57-87-51(75)84-54(90-57)96(35-23-29-80-65(107)113-71(13,14)15)36-24-30-81-66(108)114-72(16,17)18/h19-48H2,1-18H3,(H,76,103)(H,77,104)(H,78,105)(H,79,106)(H,80,107)(H,81,108). The van der Waals surface area contributed by atoms with E-state index in [2.05, 4.69) is 76.5 Å². The van der Waals surface area contributed by atoms with E-state index in [0.29, 0.717) is 249 Å². The number of rotatable bonds is 33. The third-order valence-corrected chi connectivity index (χ3v) is 16.9. The van der Waals surface area contributed by atoms with Gasteiger partial charge in [0.1, 0.15) is 33.6 Å². The number of aromatic nitrogens is 12. The molecule has 4 aromatic heterocycles. The topological polar surface area (TPSA) is 414 Å². The van der Waals surface area contributed by atoms with E-state index < -0.39 is 70.2 Å². The Hall–Kier alpha value is -9.27. The van der Waals surface area contributed by atoms with Gasteiger partial charge in [-0.15, -0.1) is 0 Å². The summed E-state index contributed by atoms with van der Waals surface area (Å²) in [6.07, 6.45) is -0.196. The van der Waals surface area contributed by atoms with E-state index in [0.717, 1.165) is 0 Å². The minimum absolute atomic E-state index is 0.0127. The normalized spacial score (nSPS) is 14.5. The summed E-state index contributed by atoms with van der Waals surface area (Å²) in [6.45, 7) is 42.0. The Morgan fingerprint density at radius 3 is 0.561 bits per heavy atom. The first-order chi connectivity index (χ1) is 53.4. The second-order valence-corrected chi connectivity index (χ2v) is 34.4. The van der Waals surface area contributed by atoms with E-state index in [1.165, 1.54) is 0 Å². The molecule has 0 radical (unpaired) electrons.